The number of hydrogen-bond donors (Lipinski definition) is 0. The van der Waals surface area contributed by atoms with Crippen molar-refractivity contribution in [3.8, 4) is 0 Å². The molecule has 0 spiro atoms. The maximum atomic E-state index is 11.2. The monoisotopic (exact) mass is 253 g/mol. The predicted molar refractivity (Wildman–Crippen MR) is 53.6 cm³/mol. The van der Waals surface area contributed by atoms with Gasteiger partial charge in [-0.25, -0.2) is 4.79 Å². The van der Waals surface area contributed by atoms with E-state index in [0.29, 0.717) is 0 Å². The SMILES string of the molecule is CCOC(=O)c1cc[c-]c([N+](=O)[O-])c1.[Cl-].[Mg+2]. The van der Waals surface area contributed by atoms with Crippen molar-refractivity contribution < 1.29 is 26.9 Å². The van der Waals surface area contributed by atoms with Crippen molar-refractivity contribution in [3.05, 3.63) is 39.9 Å². The zero-order valence-electron chi connectivity index (χ0n) is 8.60. The number of non-ortho nitro benzene ring substituents is 1. The smallest absolute Gasteiger partial charge is 1.00 e. The van der Waals surface area contributed by atoms with Crippen LogP contribution in [0.4, 0.5) is 5.69 Å². The summed E-state index contributed by atoms with van der Waals surface area (Å²) in [6.45, 7) is 1.91. The summed E-state index contributed by atoms with van der Waals surface area (Å²) in [5.74, 6) is -0.565. The standard InChI is InChI=1S/C9H8NO4.ClH.Mg/c1-2-14-9(11)7-4-3-5-8(6-7)10(12)13;;/h3-4,6H,2H2,1H3;1H;/q-1;;+2/p-1. The first-order chi connectivity index (χ1) is 6.65. The summed E-state index contributed by atoms with van der Waals surface area (Å²) >= 11 is 0. The van der Waals surface area contributed by atoms with Crippen LogP contribution in [0.1, 0.15) is 17.3 Å². The summed E-state index contributed by atoms with van der Waals surface area (Å²) in [7, 11) is 0. The molecule has 0 fully saturated rings. The van der Waals surface area contributed by atoms with Crippen LogP contribution in [0.15, 0.2) is 18.2 Å². The van der Waals surface area contributed by atoms with E-state index in [1.807, 2.05) is 0 Å². The Morgan fingerprint density at radius 2 is 2.25 bits per heavy atom. The third kappa shape index (κ3) is 4.78. The zero-order chi connectivity index (χ0) is 10.6. The fraction of sp³-hybridized carbons (Fsp3) is 0.222. The molecule has 1 aromatic rings. The number of rotatable bonds is 3. The quantitative estimate of drug-likeness (QED) is 0.210. The van der Waals surface area contributed by atoms with Gasteiger partial charge in [0.25, 0.3) is 0 Å². The number of carbonyl (C=O) groups is 1. The van der Waals surface area contributed by atoms with Crippen LogP contribution in [-0.4, -0.2) is 40.6 Å². The van der Waals surface area contributed by atoms with E-state index >= 15 is 0 Å². The molecule has 0 radical (unpaired) electrons. The molecule has 0 saturated heterocycles. The molecule has 0 N–H and O–H groups in total. The Morgan fingerprint density at radius 3 is 2.75 bits per heavy atom. The van der Waals surface area contributed by atoms with Gasteiger partial charge in [-0.3, -0.25) is 10.1 Å². The number of carbonyl (C=O) groups excluding carboxylic acids is 1. The second-order valence-corrected chi connectivity index (χ2v) is 2.44. The van der Waals surface area contributed by atoms with E-state index < -0.39 is 10.9 Å². The second-order valence-electron chi connectivity index (χ2n) is 2.44. The number of halogens is 1. The van der Waals surface area contributed by atoms with E-state index in [-0.39, 0.29) is 53.3 Å². The summed E-state index contributed by atoms with van der Waals surface area (Å²) in [5.41, 5.74) is -0.0761. The predicted octanol–water partition coefficient (Wildman–Crippen LogP) is -1.81. The van der Waals surface area contributed by atoms with Crippen LogP contribution in [0.25, 0.3) is 0 Å². The first-order valence-electron chi connectivity index (χ1n) is 3.98. The van der Waals surface area contributed by atoms with Gasteiger partial charge in [0.1, 0.15) is 0 Å². The largest absolute Gasteiger partial charge is 2.00 e. The van der Waals surface area contributed by atoms with Gasteiger partial charge in [0.05, 0.1) is 6.61 Å². The van der Waals surface area contributed by atoms with Crippen LogP contribution in [0.2, 0.25) is 0 Å². The molecular weight excluding hydrogens is 246 g/mol. The molecule has 0 aliphatic carbocycles. The van der Waals surface area contributed by atoms with E-state index in [1.165, 1.54) is 12.1 Å². The Hall–Kier alpha value is -0.854. The first-order valence-corrected chi connectivity index (χ1v) is 3.98. The average molecular weight is 254 g/mol. The van der Waals surface area contributed by atoms with Gasteiger partial charge in [-0.1, -0.05) is 6.07 Å². The maximum Gasteiger partial charge on any atom is 2.00 e. The van der Waals surface area contributed by atoms with Crippen molar-refractivity contribution in [3.63, 3.8) is 0 Å². The summed E-state index contributed by atoms with van der Waals surface area (Å²) in [6, 6.07) is 6.28. The molecule has 5 nitrogen and oxygen atoms in total. The Kier molecular flexibility index (Phi) is 9.12. The molecule has 0 aromatic heterocycles. The van der Waals surface area contributed by atoms with E-state index in [9.17, 15) is 14.9 Å². The Labute approximate surface area is 115 Å². The van der Waals surface area contributed by atoms with E-state index in [0.717, 1.165) is 6.07 Å². The number of nitro groups is 1. The molecule has 0 bridgehead atoms. The molecule has 0 aliphatic heterocycles. The summed E-state index contributed by atoms with van der Waals surface area (Å²) < 4.78 is 4.69. The Bertz CT molecular complexity index is 372. The molecule has 82 valence electrons. The van der Waals surface area contributed by atoms with E-state index in [1.54, 1.807) is 6.92 Å². The molecule has 0 aliphatic rings. The fourth-order valence-electron chi connectivity index (χ4n) is 0.901. The molecule has 0 saturated carbocycles. The summed E-state index contributed by atoms with van der Waals surface area (Å²) in [5, 5.41) is 10.4. The Balaban J connectivity index is 0. The Morgan fingerprint density at radius 1 is 1.62 bits per heavy atom. The number of nitro benzene ring substituents is 1. The molecule has 7 heteroatoms. The van der Waals surface area contributed by atoms with Crippen molar-refractivity contribution in [1.82, 2.24) is 0 Å². The van der Waals surface area contributed by atoms with Crippen LogP contribution in [0, 0.1) is 16.2 Å². The summed E-state index contributed by atoms with van der Waals surface area (Å²) in [6.07, 6.45) is 0. The van der Waals surface area contributed by atoms with E-state index in [2.05, 4.69) is 10.8 Å². The molecule has 16 heavy (non-hydrogen) atoms. The number of benzene rings is 1. The minimum Gasteiger partial charge on any atom is -1.00 e. The van der Waals surface area contributed by atoms with Gasteiger partial charge < -0.3 is 17.1 Å². The van der Waals surface area contributed by atoms with Crippen molar-refractivity contribution in [2.45, 2.75) is 6.92 Å². The molecular formula is C9H8ClMgNO4. The van der Waals surface area contributed by atoms with Gasteiger partial charge >= 0.3 is 29.0 Å². The topological polar surface area (TPSA) is 69.4 Å². The van der Waals surface area contributed by atoms with Crippen molar-refractivity contribution >= 4 is 34.7 Å². The number of nitrogens with zero attached hydrogens (tertiary/aromatic N) is 1. The molecule has 0 atom stereocenters. The third-order valence-electron chi connectivity index (χ3n) is 1.49. The normalized spacial score (nSPS) is 8.31. The number of ether oxygens (including phenoxy) is 1. The van der Waals surface area contributed by atoms with Crippen molar-refractivity contribution in [2.24, 2.45) is 0 Å². The molecule has 0 amide bonds. The molecule has 1 rings (SSSR count). The van der Waals surface area contributed by atoms with Gasteiger partial charge in [0, 0.05) is 4.92 Å². The number of hydrogen-bond acceptors (Lipinski definition) is 4. The van der Waals surface area contributed by atoms with Crippen LogP contribution >= 0.6 is 0 Å². The summed E-state index contributed by atoms with van der Waals surface area (Å²) in [4.78, 5) is 20.9. The van der Waals surface area contributed by atoms with Crippen LogP contribution in [0.5, 0.6) is 0 Å². The van der Waals surface area contributed by atoms with Gasteiger partial charge in [0.15, 0.2) is 5.69 Å². The average Bonchev–Trinajstić information content (AvgIpc) is 2.18. The third-order valence-corrected chi connectivity index (χ3v) is 1.49. The van der Waals surface area contributed by atoms with Crippen LogP contribution in [-0.2, 0) is 4.74 Å². The van der Waals surface area contributed by atoms with Gasteiger partial charge in [-0.05, 0) is 12.5 Å². The minimum atomic E-state index is -0.608. The minimum absolute atomic E-state index is 0. The van der Waals surface area contributed by atoms with Crippen molar-refractivity contribution in [1.29, 1.82) is 0 Å². The molecule has 1 aromatic carbocycles. The van der Waals surface area contributed by atoms with Gasteiger partial charge in [0.2, 0.25) is 0 Å². The first kappa shape index (κ1) is 17.5. The van der Waals surface area contributed by atoms with Crippen LogP contribution in [0.3, 0.4) is 0 Å². The zero-order valence-corrected chi connectivity index (χ0v) is 10.8. The maximum absolute atomic E-state index is 11.2. The van der Waals surface area contributed by atoms with Gasteiger partial charge in [-0.2, -0.15) is 12.1 Å². The fourth-order valence-corrected chi connectivity index (χ4v) is 0.901. The van der Waals surface area contributed by atoms with Crippen molar-refractivity contribution in [2.75, 3.05) is 6.61 Å². The van der Waals surface area contributed by atoms with E-state index in [4.69, 9.17) is 0 Å². The molecule has 0 heterocycles. The second kappa shape index (κ2) is 8.32. The number of esters is 1. The molecule has 0 unspecified atom stereocenters. The van der Waals surface area contributed by atoms with Gasteiger partial charge in [-0.15, -0.1) is 6.07 Å². The van der Waals surface area contributed by atoms with Crippen LogP contribution < -0.4 is 12.4 Å².